The number of rotatable bonds is 50. The molecule has 0 saturated carbocycles. The molecule has 0 radical (unpaired) electrons. The molecule has 6 heteroatoms. The van der Waals surface area contributed by atoms with Crippen LogP contribution in [0.5, 0.6) is 0 Å². The van der Waals surface area contributed by atoms with Crippen molar-refractivity contribution in [2.75, 3.05) is 13.2 Å². The Morgan fingerprint density at radius 1 is 0.319 bits per heavy atom. The van der Waals surface area contributed by atoms with Gasteiger partial charge in [0.15, 0.2) is 6.10 Å². The minimum absolute atomic E-state index is 0.0934. The molecule has 6 nitrogen and oxygen atoms in total. The van der Waals surface area contributed by atoms with Crippen LogP contribution >= 0.6 is 0 Å². The summed E-state index contributed by atoms with van der Waals surface area (Å²) in [6.07, 6.45) is 76.4. The van der Waals surface area contributed by atoms with Gasteiger partial charge in [-0.15, -0.1) is 0 Å². The predicted molar refractivity (Wildman–Crippen MR) is 297 cm³/mol. The summed E-state index contributed by atoms with van der Waals surface area (Å²) in [4.78, 5) is 38.2. The second kappa shape index (κ2) is 56.7. The van der Waals surface area contributed by atoms with Crippen molar-refractivity contribution in [2.24, 2.45) is 0 Å². The molecule has 0 amide bonds. The van der Waals surface area contributed by atoms with Crippen LogP contribution < -0.4 is 0 Å². The topological polar surface area (TPSA) is 78.9 Å². The zero-order chi connectivity index (χ0) is 50.0. The van der Waals surface area contributed by atoms with Crippen molar-refractivity contribution in [2.45, 2.75) is 258 Å². The number of hydrogen-bond donors (Lipinski definition) is 0. The van der Waals surface area contributed by atoms with E-state index in [0.717, 1.165) is 116 Å². The molecule has 0 spiro atoms. The van der Waals surface area contributed by atoms with E-state index >= 15 is 0 Å². The third-order valence-corrected chi connectivity index (χ3v) is 11.8. The van der Waals surface area contributed by atoms with Crippen LogP contribution in [-0.2, 0) is 28.6 Å². The third-order valence-electron chi connectivity index (χ3n) is 11.8. The van der Waals surface area contributed by atoms with Crippen molar-refractivity contribution in [3.05, 3.63) is 109 Å². The molecule has 0 rings (SSSR count). The van der Waals surface area contributed by atoms with Crippen LogP contribution in [0.1, 0.15) is 252 Å². The Hall–Kier alpha value is -3.93. The summed E-state index contributed by atoms with van der Waals surface area (Å²) < 4.78 is 16.8. The van der Waals surface area contributed by atoms with Crippen molar-refractivity contribution in [1.29, 1.82) is 0 Å². The zero-order valence-electron chi connectivity index (χ0n) is 44.8. The lowest BCUT2D eigenvalue weighted by molar-refractivity contribution is -0.167. The first kappa shape index (κ1) is 65.1. The highest BCUT2D eigenvalue weighted by Gasteiger charge is 2.19. The highest BCUT2D eigenvalue weighted by atomic mass is 16.6. The monoisotopic (exact) mass is 957 g/mol. The number of allylic oxidation sites excluding steroid dienone is 18. The Morgan fingerprint density at radius 2 is 0.638 bits per heavy atom. The smallest absolute Gasteiger partial charge is 0.306 e. The fraction of sp³-hybridized carbons (Fsp3) is 0.667. The van der Waals surface area contributed by atoms with Crippen molar-refractivity contribution in [3.63, 3.8) is 0 Å². The summed E-state index contributed by atoms with van der Waals surface area (Å²) in [5.74, 6) is -0.929. The summed E-state index contributed by atoms with van der Waals surface area (Å²) in [7, 11) is 0. The fourth-order valence-electron chi connectivity index (χ4n) is 7.61. The molecule has 0 aromatic carbocycles. The van der Waals surface area contributed by atoms with E-state index in [9.17, 15) is 14.4 Å². The Balaban J connectivity index is 4.44. The maximum Gasteiger partial charge on any atom is 0.306 e. The lowest BCUT2D eigenvalue weighted by Gasteiger charge is -2.18. The zero-order valence-corrected chi connectivity index (χ0v) is 44.8. The molecule has 0 aliphatic heterocycles. The molecule has 0 aromatic heterocycles. The maximum atomic E-state index is 12.9. The molecular weight excluding hydrogens is 853 g/mol. The lowest BCUT2D eigenvalue weighted by Crippen LogP contribution is -2.30. The van der Waals surface area contributed by atoms with Crippen molar-refractivity contribution in [3.8, 4) is 0 Å². The Labute approximate surface area is 425 Å². The second-order valence-electron chi connectivity index (χ2n) is 18.5. The van der Waals surface area contributed by atoms with E-state index in [1.165, 1.54) is 96.3 Å². The van der Waals surface area contributed by atoms with Gasteiger partial charge in [0.1, 0.15) is 13.2 Å². The molecule has 392 valence electrons. The van der Waals surface area contributed by atoms with Gasteiger partial charge in [0.25, 0.3) is 0 Å². The van der Waals surface area contributed by atoms with Crippen molar-refractivity contribution >= 4 is 17.9 Å². The minimum atomic E-state index is -0.797. The van der Waals surface area contributed by atoms with Gasteiger partial charge in [-0.2, -0.15) is 0 Å². The predicted octanol–water partition coefficient (Wildman–Crippen LogP) is 19.1. The first-order chi connectivity index (χ1) is 34.0. The molecule has 0 aliphatic rings. The third kappa shape index (κ3) is 54.9. The average Bonchev–Trinajstić information content (AvgIpc) is 3.35. The quantitative estimate of drug-likeness (QED) is 0.0199. The SMILES string of the molecule is CC\C=C/C=C\C=C/C=C\CCCCCCCC(=O)OCC(COC(=O)CCCCCCCCCCC/C=C\C/C=C\C/C=C\CC)OC(=O)CCCCCCCCC/C=C\C/C=C\CCCCC. The molecule has 69 heavy (non-hydrogen) atoms. The molecule has 0 N–H and O–H groups in total. The Morgan fingerprint density at radius 3 is 1.06 bits per heavy atom. The fourth-order valence-corrected chi connectivity index (χ4v) is 7.61. The largest absolute Gasteiger partial charge is 0.462 e. The minimum Gasteiger partial charge on any atom is -0.462 e. The van der Waals surface area contributed by atoms with Gasteiger partial charge in [0, 0.05) is 19.3 Å². The van der Waals surface area contributed by atoms with Crippen LogP contribution in [0.25, 0.3) is 0 Å². The molecule has 0 aromatic rings. The van der Waals surface area contributed by atoms with E-state index in [4.69, 9.17) is 14.2 Å². The van der Waals surface area contributed by atoms with Crippen molar-refractivity contribution < 1.29 is 28.6 Å². The molecule has 1 unspecified atom stereocenters. The molecule has 0 aliphatic carbocycles. The highest BCUT2D eigenvalue weighted by molar-refractivity contribution is 5.71. The molecule has 0 bridgehead atoms. The number of hydrogen-bond acceptors (Lipinski definition) is 6. The maximum absolute atomic E-state index is 12.9. The highest BCUT2D eigenvalue weighted by Crippen LogP contribution is 2.15. The molecule has 0 heterocycles. The summed E-state index contributed by atoms with van der Waals surface area (Å²) in [6, 6.07) is 0. The Kier molecular flexibility index (Phi) is 53.4. The lowest BCUT2D eigenvalue weighted by atomic mass is 10.1. The normalized spacial score (nSPS) is 12.9. The summed E-state index contributed by atoms with van der Waals surface area (Å²) >= 11 is 0. The van der Waals surface area contributed by atoms with E-state index < -0.39 is 6.10 Å². The summed E-state index contributed by atoms with van der Waals surface area (Å²) in [5, 5.41) is 0. The molecule has 1 atom stereocenters. The van der Waals surface area contributed by atoms with Crippen LogP contribution in [0, 0.1) is 0 Å². The molecular formula is C63H104O6. The van der Waals surface area contributed by atoms with Gasteiger partial charge in [-0.25, -0.2) is 0 Å². The number of ether oxygens (including phenoxy) is 3. The standard InChI is InChI=1S/C63H104O6/c1-4-7-10-13-16-19-22-25-28-30-31-33-35-38-41-44-47-50-53-56-62(65)68-59-60(58-67-61(64)55-52-49-46-43-40-37-34-27-24-21-18-15-12-9-6-3)69-63(66)57-54-51-48-45-42-39-36-32-29-26-23-20-17-14-11-8-5-2/h7,9-10,12,15-21,24-29,34,60H,4-6,8,11,13-14,22-23,30-33,35-59H2,1-3H3/b10-7-,12-9-,18-15-,19-16-,20-17-,24-21-,28-25-,29-26-,34-27-. The summed E-state index contributed by atoms with van der Waals surface area (Å²) in [6.45, 7) is 6.34. The summed E-state index contributed by atoms with van der Waals surface area (Å²) in [5.41, 5.74) is 0. The number of carbonyl (C=O) groups is 3. The first-order valence-corrected chi connectivity index (χ1v) is 28.4. The molecule has 0 saturated heterocycles. The second-order valence-corrected chi connectivity index (χ2v) is 18.5. The van der Waals surface area contributed by atoms with Gasteiger partial charge >= 0.3 is 17.9 Å². The van der Waals surface area contributed by atoms with Crippen LogP contribution in [-0.4, -0.2) is 37.2 Å². The van der Waals surface area contributed by atoms with Gasteiger partial charge in [0.2, 0.25) is 0 Å². The first-order valence-electron chi connectivity index (χ1n) is 28.4. The number of carbonyl (C=O) groups excluding carboxylic acids is 3. The van der Waals surface area contributed by atoms with Crippen molar-refractivity contribution in [1.82, 2.24) is 0 Å². The average molecular weight is 958 g/mol. The van der Waals surface area contributed by atoms with E-state index in [2.05, 4.69) is 112 Å². The van der Waals surface area contributed by atoms with E-state index in [0.29, 0.717) is 19.3 Å². The Bertz CT molecular complexity index is 1420. The van der Waals surface area contributed by atoms with E-state index in [1.807, 2.05) is 18.2 Å². The van der Waals surface area contributed by atoms with Gasteiger partial charge in [-0.1, -0.05) is 239 Å². The van der Waals surface area contributed by atoms with Gasteiger partial charge in [-0.3, -0.25) is 14.4 Å². The number of esters is 3. The van der Waals surface area contributed by atoms with Crippen LogP contribution in [0.3, 0.4) is 0 Å². The van der Waals surface area contributed by atoms with Gasteiger partial charge in [-0.05, 0) is 103 Å². The van der Waals surface area contributed by atoms with E-state index in [1.54, 1.807) is 0 Å². The van der Waals surface area contributed by atoms with Crippen LogP contribution in [0.4, 0.5) is 0 Å². The van der Waals surface area contributed by atoms with Crippen LogP contribution in [0.2, 0.25) is 0 Å². The molecule has 0 fully saturated rings. The van der Waals surface area contributed by atoms with E-state index in [-0.39, 0.29) is 31.1 Å². The van der Waals surface area contributed by atoms with Gasteiger partial charge in [0.05, 0.1) is 0 Å². The van der Waals surface area contributed by atoms with Gasteiger partial charge < -0.3 is 14.2 Å². The van der Waals surface area contributed by atoms with Crippen LogP contribution in [0.15, 0.2) is 109 Å². The number of unbranched alkanes of at least 4 members (excludes halogenated alkanes) is 24.